The molecule has 2 saturated carbocycles. The highest BCUT2D eigenvalue weighted by molar-refractivity contribution is 5.30. The predicted molar refractivity (Wildman–Crippen MR) is 163 cm³/mol. The minimum atomic E-state index is 0.576. The second-order valence-electron chi connectivity index (χ2n) is 13.0. The van der Waals surface area contributed by atoms with Crippen molar-refractivity contribution in [1.82, 2.24) is 0 Å². The maximum absolute atomic E-state index is 2.44. The summed E-state index contributed by atoms with van der Waals surface area (Å²) in [5, 5.41) is 0. The van der Waals surface area contributed by atoms with Gasteiger partial charge in [-0.05, 0) is 96.8 Å². The molecule has 2 aromatic carbocycles. The van der Waals surface area contributed by atoms with E-state index in [9.17, 15) is 0 Å². The van der Waals surface area contributed by atoms with Gasteiger partial charge in [-0.15, -0.1) is 0 Å². The minimum absolute atomic E-state index is 0.576. The fraction of sp³-hybridized carbons (Fsp3) is 0.676. The van der Waals surface area contributed by atoms with Gasteiger partial charge in [0.1, 0.15) is 0 Å². The molecule has 2 aliphatic rings. The second kappa shape index (κ2) is 15.1. The zero-order valence-electron chi connectivity index (χ0n) is 24.5. The number of rotatable bonds is 13. The molecule has 0 bridgehead atoms. The Kier molecular flexibility index (Phi) is 11.6. The third kappa shape index (κ3) is 9.01. The SMILES string of the molecule is CCCCCC1CCC(CCc2ccc([C@H](C)Cc3ccc(C4CCC(CCC)CC4)cc3)cc2)CC1. The minimum Gasteiger partial charge on any atom is -0.0654 e. The number of hydrogen-bond acceptors (Lipinski definition) is 0. The molecular weight excluding hydrogens is 444 g/mol. The molecule has 0 nitrogen and oxygen atoms in total. The first-order valence-electron chi connectivity index (χ1n) is 16.3. The first-order valence-corrected chi connectivity index (χ1v) is 16.3. The molecule has 2 aliphatic carbocycles. The van der Waals surface area contributed by atoms with Crippen molar-refractivity contribution >= 4 is 0 Å². The molecule has 0 heterocycles. The van der Waals surface area contributed by atoms with Crippen molar-refractivity contribution in [2.24, 2.45) is 17.8 Å². The van der Waals surface area contributed by atoms with E-state index in [4.69, 9.17) is 0 Å². The van der Waals surface area contributed by atoms with E-state index >= 15 is 0 Å². The van der Waals surface area contributed by atoms with E-state index in [1.54, 1.807) is 11.1 Å². The average Bonchev–Trinajstić information content (AvgIpc) is 2.94. The standard InChI is InChI=1S/C37H56/c1-4-6-7-9-31-10-12-32(13-11-31)14-15-33-16-22-35(23-17-33)29(3)28-34-20-26-37(27-21-34)36-24-18-30(8-5-2)19-25-36/h16-17,20-23,26-27,29-32,36H,4-15,18-19,24-25,28H2,1-3H3/t29-,30?,31?,32?,36?/m1/s1. The number of hydrogen-bond donors (Lipinski definition) is 0. The number of benzene rings is 2. The molecule has 4 rings (SSSR count). The van der Waals surface area contributed by atoms with Crippen molar-refractivity contribution in [3.05, 3.63) is 70.8 Å². The monoisotopic (exact) mass is 500 g/mol. The average molecular weight is 501 g/mol. The largest absolute Gasteiger partial charge is 0.0654 e. The molecule has 2 aromatic rings. The lowest BCUT2D eigenvalue weighted by Crippen LogP contribution is -2.15. The normalized spacial score (nSPS) is 25.2. The molecule has 0 saturated heterocycles. The van der Waals surface area contributed by atoms with Crippen LogP contribution in [-0.2, 0) is 12.8 Å². The van der Waals surface area contributed by atoms with Crippen molar-refractivity contribution in [1.29, 1.82) is 0 Å². The van der Waals surface area contributed by atoms with Gasteiger partial charge in [0, 0.05) is 0 Å². The van der Waals surface area contributed by atoms with Gasteiger partial charge in [0.05, 0.1) is 0 Å². The Bertz CT molecular complexity index is 859. The first-order chi connectivity index (χ1) is 18.1. The summed E-state index contributed by atoms with van der Waals surface area (Å²) in [6.07, 6.45) is 23.9. The van der Waals surface area contributed by atoms with Gasteiger partial charge in [0.15, 0.2) is 0 Å². The third-order valence-electron chi connectivity index (χ3n) is 10.1. The van der Waals surface area contributed by atoms with Crippen LogP contribution >= 0.6 is 0 Å². The lowest BCUT2D eigenvalue weighted by atomic mass is 9.77. The van der Waals surface area contributed by atoms with E-state index in [0.717, 1.165) is 30.1 Å². The van der Waals surface area contributed by atoms with Gasteiger partial charge in [-0.2, -0.15) is 0 Å². The lowest BCUT2D eigenvalue weighted by Gasteiger charge is -2.28. The van der Waals surface area contributed by atoms with Gasteiger partial charge >= 0.3 is 0 Å². The van der Waals surface area contributed by atoms with E-state index in [1.807, 2.05) is 0 Å². The molecule has 0 unspecified atom stereocenters. The van der Waals surface area contributed by atoms with Gasteiger partial charge in [-0.1, -0.05) is 134 Å². The molecule has 0 radical (unpaired) electrons. The van der Waals surface area contributed by atoms with Crippen molar-refractivity contribution in [3.8, 4) is 0 Å². The Balaban J connectivity index is 1.18. The fourth-order valence-corrected chi connectivity index (χ4v) is 7.47. The van der Waals surface area contributed by atoms with Crippen molar-refractivity contribution in [2.45, 2.75) is 142 Å². The fourth-order valence-electron chi connectivity index (χ4n) is 7.47. The topological polar surface area (TPSA) is 0 Å². The summed E-state index contributed by atoms with van der Waals surface area (Å²) in [4.78, 5) is 0. The summed E-state index contributed by atoms with van der Waals surface area (Å²) in [6.45, 7) is 7.06. The Labute approximate surface area is 230 Å². The van der Waals surface area contributed by atoms with Gasteiger partial charge in [-0.3, -0.25) is 0 Å². The van der Waals surface area contributed by atoms with Gasteiger partial charge in [0.25, 0.3) is 0 Å². The summed E-state index contributed by atoms with van der Waals surface area (Å²) >= 11 is 0. The Morgan fingerprint density at radius 3 is 1.78 bits per heavy atom. The summed E-state index contributed by atoms with van der Waals surface area (Å²) < 4.78 is 0. The van der Waals surface area contributed by atoms with Crippen LogP contribution < -0.4 is 0 Å². The molecule has 37 heavy (non-hydrogen) atoms. The molecular formula is C37H56. The Morgan fingerprint density at radius 1 is 0.595 bits per heavy atom. The van der Waals surface area contributed by atoms with E-state index in [1.165, 1.54) is 114 Å². The van der Waals surface area contributed by atoms with E-state index < -0.39 is 0 Å². The number of aryl methyl sites for hydroxylation is 1. The quantitative estimate of drug-likeness (QED) is 0.240. The zero-order valence-corrected chi connectivity index (χ0v) is 24.5. The number of unbranched alkanes of at least 4 members (excludes halogenated alkanes) is 2. The zero-order chi connectivity index (χ0) is 25.9. The van der Waals surface area contributed by atoms with Crippen molar-refractivity contribution < 1.29 is 0 Å². The van der Waals surface area contributed by atoms with Gasteiger partial charge in [-0.25, -0.2) is 0 Å². The molecule has 0 amide bonds. The highest BCUT2D eigenvalue weighted by atomic mass is 14.3. The third-order valence-corrected chi connectivity index (χ3v) is 10.1. The van der Waals surface area contributed by atoms with Gasteiger partial charge in [0.2, 0.25) is 0 Å². The van der Waals surface area contributed by atoms with E-state index in [2.05, 4.69) is 69.3 Å². The van der Waals surface area contributed by atoms with Crippen LogP contribution in [0, 0.1) is 17.8 Å². The van der Waals surface area contributed by atoms with Crippen LogP contribution in [0.2, 0.25) is 0 Å². The van der Waals surface area contributed by atoms with Crippen LogP contribution in [0.15, 0.2) is 48.5 Å². The molecule has 0 aliphatic heterocycles. The molecule has 0 N–H and O–H groups in total. The van der Waals surface area contributed by atoms with Crippen LogP contribution in [0.1, 0.15) is 151 Å². The van der Waals surface area contributed by atoms with Crippen molar-refractivity contribution in [3.63, 3.8) is 0 Å². The van der Waals surface area contributed by atoms with Crippen LogP contribution in [0.25, 0.3) is 0 Å². The first kappa shape index (κ1) is 28.4. The summed E-state index contributed by atoms with van der Waals surface area (Å²) in [6, 6.07) is 19.4. The molecule has 0 heteroatoms. The molecule has 0 aromatic heterocycles. The molecule has 1 atom stereocenters. The maximum atomic E-state index is 2.44. The van der Waals surface area contributed by atoms with Crippen molar-refractivity contribution in [2.75, 3.05) is 0 Å². The van der Waals surface area contributed by atoms with Crippen LogP contribution in [0.4, 0.5) is 0 Å². The van der Waals surface area contributed by atoms with Crippen LogP contribution in [0.5, 0.6) is 0 Å². The molecule has 204 valence electrons. The lowest BCUT2D eigenvalue weighted by molar-refractivity contribution is 0.249. The van der Waals surface area contributed by atoms with Gasteiger partial charge < -0.3 is 0 Å². The predicted octanol–water partition coefficient (Wildman–Crippen LogP) is 11.4. The Hall–Kier alpha value is -1.56. The second-order valence-corrected chi connectivity index (χ2v) is 13.0. The van der Waals surface area contributed by atoms with E-state index in [0.29, 0.717) is 5.92 Å². The summed E-state index contributed by atoms with van der Waals surface area (Å²) in [5.41, 5.74) is 6.11. The highest BCUT2D eigenvalue weighted by Gasteiger charge is 2.22. The maximum Gasteiger partial charge on any atom is -0.0150 e. The molecule has 2 fully saturated rings. The Morgan fingerprint density at radius 2 is 1.16 bits per heavy atom. The summed E-state index contributed by atoms with van der Waals surface area (Å²) in [7, 11) is 0. The van der Waals surface area contributed by atoms with Crippen LogP contribution in [-0.4, -0.2) is 0 Å². The summed E-state index contributed by atoms with van der Waals surface area (Å²) in [5.74, 6) is 4.37. The highest BCUT2D eigenvalue weighted by Crippen LogP contribution is 2.38. The molecule has 0 spiro atoms. The van der Waals surface area contributed by atoms with E-state index in [-0.39, 0.29) is 0 Å². The van der Waals surface area contributed by atoms with Crippen LogP contribution in [0.3, 0.4) is 0 Å². The smallest absolute Gasteiger partial charge is 0.0150 e.